The number of alkyl carbamates (subject to hydrolysis) is 1. The van der Waals surface area contributed by atoms with E-state index in [1.807, 2.05) is 0 Å². The maximum Gasteiger partial charge on any atom is 0.408 e. The van der Waals surface area contributed by atoms with E-state index in [-0.39, 0.29) is 31.1 Å². The van der Waals surface area contributed by atoms with E-state index in [1.54, 1.807) is 45.0 Å². The first kappa shape index (κ1) is 23.7. The molecule has 9 nitrogen and oxygen atoms in total. The Morgan fingerprint density at radius 3 is 2.29 bits per heavy atom. The molecule has 1 rings (SSSR count). The van der Waals surface area contributed by atoms with Crippen molar-refractivity contribution in [3.8, 4) is 5.75 Å². The molecule has 1 aromatic carbocycles. The van der Waals surface area contributed by atoms with Crippen molar-refractivity contribution in [1.29, 1.82) is 0 Å². The quantitative estimate of drug-likeness (QED) is 0.411. The van der Waals surface area contributed by atoms with Gasteiger partial charge in [-0.3, -0.25) is 9.35 Å². The molecule has 0 fully saturated rings. The second kappa shape index (κ2) is 10.3. The summed E-state index contributed by atoms with van der Waals surface area (Å²) < 4.78 is 40.6. The van der Waals surface area contributed by atoms with Gasteiger partial charge >= 0.3 is 6.09 Å². The Hall–Kier alpha value is -2.33. The molecule has 0 spiro atoms. The van der Waals surface area contributed by atoms with Crippen molar-refractivity contribution in [2.24, 2.45) is 0 Å². The van der Waals surface area contributed by atoms with Gasteiger partial charge < -0.3 is 20.1 Å². The second-order valence-electron chi connectivity index (χ2n) is 7.15. The van der Waals surface area contributed by atoms with Crippen molar-refractivity contribution >= 4 is 22.1 Å². The van der Waals surface area contributed by atoms with Gasteiger partial charge in [-0.15, -0.1) is 0 Å². The number of ether oxygens (including phenoxy) is 2. The zero-order chi connectivity index (χ0) is 21.4. The predicted octanol–water partition coefficient (Wildman–Crippen LogP) is 1.53. The van der Waals surface area contributed by atoms with Crippen LogP contribution in [0.4, 0.5) is 4.79 Å². The molecule has 28 heavy (non-hydrogen) atoms. The molecule has 10 heteroatoms. The number of hydrogen-bond donors (Lipinski definition) is 3. The van der Waals surface area contributed by atoms with Crippen molar-refractivity contribution in [2.75, 3.05) is 19.4 Å². The van der Waals surface area contributed by atoms with Gasteiger partial charge in [-0.2, -0.15) is 8.42 Å². The van der Waals surface area contributed by atoms with Crippen LogP contribution in [0.2, 0.25) is 0 Å². The van der Waals surface area contributed by atoms with Crippen molar-refractivity contribution in [3.63, 3.8) is 0 Å². The minimum absolute atomic E-state index is 0.139. The molecule has 0 aliphatic heterocycles. The van der Waals surface area contributed by atoms with Gasteiger partial charge in [-0.1, -0.05) is 12.1 Å². The smallest absolute Gasteiger partial charge is 0.408 e. The molecule has 0 heterocycles. The van der Waals surface area contributed by atoms with Crippen LogP contribution in [0.15, 0.2) is 24.3 Å². The zero-order valence-electron chi connectivity index (χ0n) is 16.5. The minimum Gasteiger partial charge on any atom is -0.494 e. The van der Waals surface area contributed by atoms with Crippen LogP contribution in [0.5, 0.6) is 5.75 Å². The van der Waals surface area contributed by atoms with Crippen LogP contribution in [-0.4, -0.2) is 56.0 Å². The zero-order valence-corrected chi connectivity index (χ0v) is 17.3. The Balaban J connectivity index is 2.64. The lowest BCUT2D eigenvalue weighted by Gasteiger charge is -2.23. The van der Waals surface area contributed by atoms with Crippen LogP contribution in [0.3, 0.4) is 0 Å². The number of rotatable bonds is 9. The highest BCUT2D eigenvalue weighted by molar-refractivity contribution is 7.85. The molecule has 3 N–H and O–H groups in total. The lowest BCUT2D eigenvalue weighted by molar-refractivity contribution is -0.122. The van der Waals surface area contributed by atoms with Crippen molar-refractivity contribution < 1.29 is 32.0 Å². The van der Waals surface area contributed by atoms with E-state index in [2.05, 4.69) is 10.6 Å². The highest BCUT2D eigenvalue weighted by atomic mass is 32.2. The fraction of sp³-hybridized carbons (Fsp3) is 0.556. The summed E-state index contributed by atoms with van der Waals surface area (Å²) >= 11 is 0. The third-order valence-electron chi connectivity index (χ3n) is 3.43. The molecule has 1 aromatic rings. The normalized spacial score (nSPS) is 12.8. The molecular weight excluding hydrogens is 388 g/mol. The molecule has 0 unspecified atom stereocenters. The maximum atomic E-state index is 12.1. The van der Waals surface area contributed by atoms with Crippen LogP contribution in [-0.2, 0) is 26.1 Å². The fourth-order valence-corrected chi connectivity index (χ4v) is 2.70. The number of likely N-dealkylation sites (N-methyl/N-ethyl adjacent to an activating group) is 1. The summed E-state index contributed by atoms with van der Waals surface area (Å²) in [6.45, 7) is 5.34. The van der Waals surface area contributed by atoms with Gasteiger partial charge in [0, 0.05) is 13.5 Å². The lowest BCUT2D eigenvalue weighted by atomic mass is 10.1. The van der Waals surface area contributed by atoms with Crippen molar-refractivity contribution in [2.45, 2.75) is 45.3 Å². The molecule has 0 saturated heterocycles. The fourth-order valence-electron chi connectivity index (χ4n) is 2.22. The van der Waals surface area contributed by atoms with Gasteiger partial charge in [0.05, 0.1) is 12.4 Å². The van der Waals surface area contributed by atoms with E-state index in [9.17, 15) is 18.0 Å². The summed E-state index contributed by atoms with van der Waals surface area (Å²) in [6.07, 6.45) is -0.263. The van der Waals surface area contributed by atoms with Crippen LogP contribution in [0, 0.1) is 0 Å². The van der Waals surface area contributed by atoms with E-state index >= 15 is 0 Å². The molecule has 2 amide bonds. The molecule has 158 valence electrons. The molecule has 0 bridgehead atoms. The van der Waals surface area contributed by atoms with E-state index < -0.39 is 27.9 Å². The molecular formula is C18H28N2O7S. The third-order valence-corrected chi connectivity index (χ3v) is 4.24. The minimum atomic E-state index is -3.99. The Labute approximate surface area is 165 Å². The molecule has 0 aliphatic carbocycles. The molecule has 0 radical (unpaired) electrons. The number of benzene rings is 1. The van der Waals surface area contributed by atoms with E-state index in [4.69, 9.17) is 14.0 Å². The monoisotopic (exact) mass is 416 g/mol. The van der Waals surface area contributed by atoms with Crippen LogP contribution in [0.25, 0.3) is 0 Å². The second-order valence-corrected chi connectivity index (χ2v) is 8.72. The van der Waals surface area contributed by atoms with Gasteiger partial charge in [0.2, 0.25) is 5.91 Å². The Kier molecular flexibility index (Phi) is 8.70. The van der Waals surface area contributed by atoms with Gasteiger partial charge in [0.15, 0.2) is 0 Å². The van der Waals surface area contributed by atoms with Gasteiger partial charge in [-0.05, 0) is 44.9 Å². The standard InChI is InChI=1S/C18H28N2O7S/c1-18(2,3)27-17(22)20-15(16(21)19-4)12-13-6-8-14(9-7-13)26-10-5-11-28(23,24)25/h6-9,15H,5,10-12H2,1-4H3,(H,19,21)(H,20,22)(H,23,24,25)/t15-/m1/s1. The topological polar surface area (TPSA) is 131 Å². The Morgan fingerprint density at radius 2 is 1.79 bits per heavy atom. The SMILES string of the molecule is CNC(=O)[C@@H](Cc1ccc(OCCCS(=O)(=O)O)cc1)NC(=O)OC(C)(C)C. The van der Waals surface area contributed by atoms with Gasteiger partial charge in [0.25, 0.3) is 10.1 Å². The third kappa shape index (κ3) is 10.1. The number of nitrogens with one attached hydrogen (secondary N) is 2. The molecule has 0 aliphatic rings. The maximum absolute atomic E-state index is 12.1. The first-order valence-corrected chi connectivity index (χ1v) is 10.4. The van der Waals surface area contributed by atoms with Crippen LogP contribution >= 0.6 is 0 Å². The average molecular weight is 416 g/mol. The highest BCUT2D eigenvalue weighted by Gasteiger charge is 2.24. The first-order valence-electron chi connectivity index (χ1n) is 8.77. The summed E-state index contributed by atoms with van der Waals surface area (Å²) in [5, 5.41) is 5.07. The van der Waals surface area contributed by atoms with Crippen molar-refractivity contribution in [1.82, 2.24) is 10.6 Å². The molecule has 0 saturated carbocycles. The number of hydrogen-bond acceptors (Lipinski definition) is 6. The number of carbonyl (C=O) groups is 2. The summed E-state index contributed by atoms with van der Waals surface area (Å²) in [7, 11) is -2.51. The van der Waals surface area contributed by atoms with Crippen molar-refractivity contribution in [3.05, 3.63) is 29.8 Å². The van der Waals surface area contributed by atoms with Crippen LogP contribution < -0.4 is 15.4 Å². The summed E-state index contributed by atoms with van der Waals surface area (Å²) in [4.78, 5) is 24.0. The highest BCUT2D eigenvalue weighted by Crippen LogP contribution is 2.14. The first-order chi connectivity index (χ1) is 12.9. The van der Waals surface area contributed by atoms with E-state index in [1.165, 1.54) is 7.05 Å². The van der Waals surface area contributed by atoms with E-state index in [0.29, 0.717) is 5.75 Å². The summed E-state index contributed by atoms with van der Waals surface area (Å²) in [5.74, 6) is -0.193. The Bertz CT molecular complexity index is 755. The van der Waals surface area contributed by atoms with Crippen LogP contribution in [0.1, 0.15) is 32.8 Å². The number of amides is 2. The summed E-state index contributed by atoms with van der Waals surface area (Å²) in [6, 6.07) is 6.03. The van der Waals surface area contributed by atoms with Gasteiger partial charge in [-0.25, -0.2) is 4.79 Å². The predicted molar refractivity (Wildman–Crippen MR) is 104 cm³/mol. The lowest BCUT2D eigenvalue weighted by Crippen LogP contribution is -2.48. The Morgan fingerprint density at radius 1 is 1.18 bits per heavy atom. The van der Waals surface area contributed by atoms with E-state index in [0.717, 1.165) is 5.56 Å². The largest absolute Gasteiger partial charge is 0.494 e. The number of carbonyl (C=O) groups excluding carboxylic acids is 2. The average Bonchev–Trinajstić information content (AvgIpc) is 2.56. The molecule has 1 atom stereocenters. The molecule has 0 aromatic heterocycles. The summed E-state index contributed by atoms with van der Waals surface area (Å²) in [5.41, 5.74) is 0.112. The van der Waals surface area contributed by atoms with Gasteiger partial charge in [0.1, 0.15) is 17.4 Å².